The van der Waals surface area contributed by atoms with Crippen molar-refractivity contribution >= 4 is 23.2 Å². The Morgan fingerprint density at radius 3 is 2.50 bits per heavy atom. The minimum atomic E-state index is 0.293. The molecule has 0 radical (unpaired) electrons. The summed E-state index contributed by atoms with van der Waals surface area (Å²) in [5.74, 6) is 0.703. The van der Waals surface area contributed by atoms with Gasteiger partial charge in [-0.15, -0.1) is 0 Å². The van der Waals surface area contributed by atoms with Gasteiger partial charge in [-0.05, 0) is 26.0 Å². The predicted molar refractivity (Wildman–Crippen MR) is 89.2 cm³/mol. The fraction of sp³-hybridized carbons (Fsp3) is 0.625. The zero-order chi connectivity index (χ0) is 15.9. The van der Waals surface area contributed by atoms with Crippen LogP contribution in [0.25, 0.3) is 0 Å². The summed E-state index contributed by atoms with van der Waals surface area (Å²) in [6, 6.07) is 5.23. The first-order valence-corrected chi connectivity index (χ1v) is 8.33. The first kappa shape index (κ1) is 17.8. The molecule has 2 atom stereocenters. The van der Waals surface area contributed by atoms with Crippen LogP contribution in [0.2, 0.25) is 10.0 Å². The van der Waals surface area contributed by atoms with Crippen molar-refractivity contribution in [2.45, 2.75) is 26.1 Å². The fourth-order valence-electron chi connectivity index (χ4n) is 2.55. The van der Waals surface area contributed by atoms with Crippen LogP contribution in [0.3, 0.4) is 0 Å². The van der Waals surface area contributed by atoms with Gasteiger partial charge in [-0.2, -0.15) is 0 Å². The van der Waals surface area contributed by atoms with Crippen molar-refractivity contribution in [1.29, 1.82) is 0 Å². The Kier molecular flexibility index (Phi) is 7.25. The molecule has 0 N–H and O–H groups in total. The second-order valence-corrected chi connectivity index (χ2v) is 6.37. The van der Waals surface area contributed by atoms with Gasteiger partial charge in [-0.1, -0.05) is 23.2 Å². The SMILES string of the molecule is C[C@@H]1CN(CCOCCOc2ccc(Cl)c(Cl)c2)C[C@H](C)O1. The molecule has 22 heavy (non-hydrogen) atoms. The summed E-state index contributed by atoms with van der Waals surface area (Å²) >= 11 is 11.8. The van der Waals surface area contributed by atoms with Crippen LogP contribution < -0.4 is 4.74 Å². The first-order chi connectivity index (χ1) is 10.5. The topological polar surface area (TPSA) is 30.9 Å². The van der Waals surface area contributed by atoms with Crippen LogP contribution in [-0.4, -0.2) is 56.6 Å². The Morgan fingerprint density at radius 2 is 1.82 bits per heavy atom. The normalized spacial score (nSPS) is 22.7. The molecule has 0 aliphatic carbocycles. The van der Waals surface area contributed by atoms with Crippen LogP contribution in [0.15, 0.2) is 18.2 Å². The highest BCUT2D eigenvalue weighted by Gasteiger charge is 2.21. The lowest BCUT2D eigenvalue weighted by Gasteiger charge is -2.35. The third-order valence-corrected chi connectivity index (χ3v) is 4.17. The van der Waals surface area contributed by atoms with Crippen molar-refractivity contribution in [3.8, 4) is 5.75 Å². The Hall–Kier alpha value is -0.520. The number of halogens is 2. The van der Waals surface area contributed by atoms with Gasteiger partial charge in [0.25, 0.3) is 0 Å². The van der Waals surface area contributed by atoms with Gasteiger partial charge in [-0.25, -0.2) is 0 Å². The van der Waals surface area contributed by atoms with Gasteiger partial charge < -0.3 is 14.2 Å². The van der Waals surface area contributed by atoms with Crippen molar-refractivity contribution in [2.24, 2.45) is 0 Å². The van der Waals surface area contributed by atoms with Crippen molar-refractivity contribution in [3.63, 3.8) is 0 Å². The molecule has 1 heterocycles. The number of benzene rings is 1. The van der Waals surface area contributed by atoms with Gasteiger partial charge >= 0.3 is 0 Å². The second-order valence-electron chi connectivity index (χ2n) is 5.55. The molecule has 1 aliphatic heterocycles. The Balaban J connectivity index is 1.56. The highest BCUT2D eigenvalue weighted by Crippen LogP contribution is 2.26. The van der Waals surface area contributed by atoms with E-state index < -0.39 is 0 Å². The van der Waals surface area contributed by atoms with E-state index in [4.69, 9.17) is 37.4 Å². The molecular formula is C16H23Cl2NO3. The minimum Gasteiger partial charge on any atom is -0.491 e. The van der Waals surface area contributed by atoms with E-state index in [1.807, 2.05) is 0 Å². The van der Waals surface area contributed by atoms with Crippen LogP contribution in [0.5, 0.6) is 5.75 Å². The van der Waals surface area contributed by atoms with E-state index in [0.717, 1.165) is 19.6 Å². The third kappa shape index (κ3) is 5.94. The quantitative estimate of drug-likeness (QED) is 0.706. The van der Waals surface area contributed by atoms with Gasteiger partial charge in [0.2, 0.25) is 0 Å². The average molecular weight is 348 g/mol. The molecule has 1 aromatic carbocycles. The summed E-state index contributed by atoms with van der Waals surface area (Å²) in [6.45, 7) is 8.81. The van der Waals surface area contributed by atoms with Gasteiger partial charge in [-0.3, -0.25) is 4.90 Å². The van der Waals surface area contributed by atoms with E-state index in [-0.39, 0.29) is 0 Å². The van der Waals surface area contributed by atoms with E-state index >= 15 is 0 Å². The van der Waals surface area contributed by atoms with E-state index in [2.05, 4.69) is 18.7 Å². The summed E-state index contributed by atoms with van der Waals surface area (Å²) in [6.07, 6.45) is 0.587. The van der Waals surface area contributed by atoms with Crippen molar-refractivity contribution in [1.82, 2.24) is 4.90 Å². The third-order valence-electron chi connectivity index (χ3n) is 3.43. The molecule has 0 amide bonds. The summed E-state index contributed by atoms with van der Waals surface area (Å²) in [7, 11) is 0. The molecule has 0 spiro atoms. The number of morpholine rings is 1. The highest BCUT2D eigenvalue weighted by atomic mass is 35.5. The van der Waals surface area contributed by atoms with E-state index in [0.29, 0.717) is 47.8 Å². The Morgan fingerprint density at radius 1 is 1.09 bits per heavy atom. The lowest BCUT2D eigenvalue weighted by molar-refractivity contribution is -0.0734. The summed E-state index contributed by atoms with van der Waals surface area (Å²) < 4.78 is 16.9. The van der Waals surface area contributed by atoms with E-state index in [1.165, 1.54) is 0 Å². The van der Waals surface area contributed by atoms with Crippen LogP contribution in [-0.2, 0) is 9.47 Å². The zero-order valence-corrected chi connectivity index (χ0v) is 14.6. The molecule has 1 saturated heterocycles. The smallest absolute Gasteiger partial charge is 0.121 e. The number of rotatable bonds is 7. The standard InChI is InChI=1S/C16H23Cl2NO3/c1-12-10-19(11-13(2)22-12)5-6-20-7-8-21-14-3-4-15(17)16(18)9-14/h3-4,9,12-13H,5-8,10-11H2,1-2H3/t12-,13+. The van der Waals surface area contributed by atoms with Crippen LogP contribution in [0.1, 0.15) is 13.8 Å². The highest BCUT2D eigenvalue weighted by molar-refractivity contribution is 6.42. The molecule has 0 unspecified atom stereocenters. The molecule has 4 nitrogen and oxygen atoms in total. The molecule has 6 heteroatoms. The fourth-order valence-corrected chi connectivity index (χ4v) is 2.84. The molecular weight excluding hydrogens is 325 g/mol. The molecule has 1 aliphatic rings. The number of nitrogens with zero attached hydrogens (tertiary/aromatic N) is 1. The second kappa shape index (κ2) is 8.94. The Labute approximate surface area is 142 Å². The summed E-state index contributed by atoms with van der Waals surface area (Å²) in [5, 5.41) is 1.02. The zero-order valence-electron chi connectivity index (χ0n) is 13.1. The molecule has 1 fully saturated rings. The molecule has 124 valence electrons. The molecule has 1 aromatic rings. The van der Waals surface area contributed by atoms with Crippen molar-refractivity contribution in [3.05, 3.63) is 28.2 Å². The monoisotopic (exact) mass is 347 g/mol. The maximum atomic E-state index is 5.93. The summed E-state index contributed by atoms with van der Waals surface area (Å²) in [5.41, 5.74) is 0. The lowest BCUT2D eigenvalue weighted by atomic mass is 10.2. The molecule has 0 aromatic heterocycles. The maximum Gasteiger partial charge on any atom is 0.121 e. The van der Waals surface area contributed by atoms with Crippen molar-refractivity contribution < 1.29 is 14.2 Å². The predicted octanol–water partition coefficient (Wildman–Crippen LogP) is 3.50. The molecule has 2 rings (SSSR count). The van der Waals surface area contributed by atoms with Gasteiger partial charge in [0.05, 0.1) is 35.5 Å². The van der Waals surface area contributed by atoms with Gasteiger partial charge in [0.15, 0.2) is 0 Å². The molecule has 0 bridgehead atoms. The largest absolute Gasteiger partial charge is 0.491 e. The average Bonchev–Trinajstić information content (AvgIpc) is 2.45. The summed E-state index contributed by atoms with van der Waals surface area (Å²) in [4.78, 5) is 2.37. The number of hydrogen-bond acceptors (Lipinski definition) is 4. The van der Waals surface area contributed by atoms with Gasteiger partial charge in [0.1, 0.15) is 12.4 Å². The maximum absolute atomic E-state index is 5.93. The van der Waals surface area contributed by atoms with E-state index in [9.17, 15) is 0 Å². The van der Waals surface area contributed by atoms with E-state index in [1.54, 1.807) is 18.2 Å². The lowest BCUT2D eigenvalue weighted by Crippen LogP contribution is -2.46. The van der Waals surface area contributed by atoms with Gasteiger partial charge in [0, 0.05) is 25.7 Å². The number of ether oxygens (including phenoxy) is 3. The number of hydrogen-bond donors (Lipinski definition) is 0. The Bertz CT molecular complexity index is 463. The minimum absolute atomic E-state index is 0.293. The molecule has 0 saturated carbocycles. The van der Waals surface area contributed by atoms with Crippen LogP contribution in [0, 0.1) is 0 Å². The van der Waals surface area contributed by atoms with Crippen LogP contribution in [0.4, 0.5) is 0 Å². The first-order valence-electron chi connectivity index (χ1n) is 7.58. The van der Waals surface area contributed by atoms with Crippen LogP contribution >= 0.6 is 23.2 Å². The van der Waals surface area contributed by atoms with Crippen molar-refractivity contribution in [2.75, 3.05) is 39.5 Å².